The van der Waals surface area contributed by atoms with Crippen molar-refractivity contribution in [1.82, 2.24) is 4.98 Å². The van der Waals surface area contributed by atoms with Crippen LogP contribution in [0, 0.1) is 0 Å². The third-order valence-electron chi connectivity index (χ3n) is 1.22. The number of hydrogen-bond donors (Lipinski definition) is 2. The van der Waals surface area contributed by atoms with Crippen LogP contribution in [0.3, 0.4) is 0 Å². The van der Waals surface area contributed by atoms with E-state index >= 15 is 0 Å². The van der Waals surface area contributed by atoms with Gasteiger partial charge in [-0.15, -0.1) is 0 Å². The van der Waals surface area contributed by atoms with Gasteiger partial charge in [-0.1, -0.05) is 5.16 Å². The highest BCUT2D eigenvalue weighted by Gasteiger charge is 2.00. The van der Waals surface area contributed by atoms with Gasteiger partial charge in [-0.3, -0.25) is 4.98 Å². The van der Waals surface area contributed by atoms with Crippen molar-refractivity contribution in [1.29, 1.82) is 0 Å². The predicted octanol–water partition coefficient (Wildman–Crippen LogP) is 0.588. The van der Waals surface area contributed by atoms with E-state index in [2.05, 4.69) is 10.1 Å². The Morgan fingerprint density at radius 2 is 2.33 bits per heavy atom. The van der Waals surface area contributed by atoms with Crippen LogP contribution in [-0.2, 0) is 0 Å². The van der Waals surface area contributed by atoms with Crippen LogP contribution in [0.2, 0.25) is 0 Å². The molecule has 0 atom stereocenters. The summed E-state index contributed by atoms with van der Waals surface area (Å²) in [7, 11) is 0. The van der Waals surface area contributed by atoms with Gasteiger partial charge in [0.1, 0.15) is 0 Å². The number of nitrogens with zero attached hydrogens (tertiary/aromatic N) is 2. The highest BCUT2D eigenvalue weighted by molar-refractivity contribution is 5.88. The van der Waals surface area contributed by atoms with Crippen LogP contribution in [0.15, 0.2) is 23.5 Å². The molecule has 0 fully saturated rings. The van der Waals surface area contributed by atoms with Gasteiger partial charge >= 0.3 is 5.97 Å². The summed E-state index contributed by atoms with van der Waals surface area (Å²) >= 11 is 0. The summed E-state index contributed by atoms with van der Waals surface area (Å²) in [5, 5.41) is 19.3. The average Bonchev–Trinajstić information content (AvgIpc) is 2.06. The lowest BCUT2D eigenvalue weighted by Crippen LogP contribution is -1.98. The molecule has 0 amide bonds. The first-order valence-electron chi connectivity index (χ1n) is 3.11. The molecule has 0 spiro atoms. The summed E-state index contributed by atoms with van der Waals surface area (Å²) in [4.78, 5) is 14.0. The van der Waals surface area contributed by atoms with Gasteiger partial charge in [0.2, 0.25) is 0 Å². The number of aromatic nitrogens is 1. The Kier molecular flexibility index (Phi) is 2.37. The number of carbonyl (C=O) groups is 1. The van der Waals surface area contributed by atoms with Gasteiger partial charge in [0.25, 0.3) is 0 Å². The second kappa shape index (κ2) is 3.47. The summed E-state index contributed by atoms with van der Waals surface area (Å²) in [6.07, 6.45) is 2.31. The molecule has 1 aromatic heterocycles. The molecule has 1 rings (SSSR count). The van der Waals surface area contributed by atoms with Gasteiger partial charge in [0.05, 0.1) is 17.5 Å². The molecule has 1 aromatic rings. The maximum atomic E-state index is 10.3. The number of rotatable bonds is 2. The van der Waals surface area contributed by atoms with Gasteiger partial charge in [-0.25, -0.2) is 4.79 Å². The average molecular weight is 166 g/mol. The molecule has 5 heteroatoms. The van der Waals surface area contributed by atoms with Gasteiger partial charge < -0.3 is 10.3 Å². The molecule has 0 aliphatic carbocycles. The second-order valence-corrected chi connectivity index (χ2v) is 2.02. The minimum atomic E-state index is -1.03. The quantitative estimate of drug-likeness (QED) is 0.382. The summed E-state index contributed by atoms with van der Waals surface area (Å²) in [6, 6.07) is 2.83. The smallest absolute Gasteiger partial charge is 0.337 e. The van der Waals surface area contributed by atoms with Crippen LogP contribution in [0.1, 0.15) is 16.1 Å². The molecule has 5 nitrogen and oxygen atoms in total. The van der Waals surface area contributed by atoms with Crippen molar-refractivity contribution < 1.29 is 15.1 Å². The van der Waals surface area contributed by atoms with E-state index < -0.39 is 5.97 Å². The van der Waals surface area contributed by atoms with E-state index in [0.717, 1.165) is 6.21 Å². The second-order valence-electron chi connectivity index (χ2n) is 2.02. The topological polar surface area (TPSA) is 82.8 Å². The number of hydrogen-bond acceptors (Lipinski definition) is 4. The van der Waals surface area contributed by atoms with E-state index in [1.807, 2.05) is 0 Å². The monoisotopic (exact) mass is 166 g/mol. The molecule has 0 saturated carbocycles. The zero-order valence-corrected chi connectivity index (χ0v) is 6.01. The number of carboxylic acid groups (broad SMARTS) is 1. The van der Waals surface area contributed by atoms with Crippen molar-refractivity contribution in [2.24, 2.45) is 5.16 Å². The van der Waals surface area contributed by atoms with E-state index in [4.69, 9.17) is 10.3 Å². The zero-order chi connectivity index (χ0) is 8.97. The third kappa shape index (κ3) is 1.79. The lowest BCUT2D eigenvalue weighted by atomic mass is 10.2. The van der Waals surface area contributed by atoms with Crippen LogP contribution >= 0.6 is 0 Å². The molecule has 1 heterocycles. The molecular weight excluding hydrogens is 160 g/mol. The normalized spacial score (nSPS) is 10.3. The summed E-state index contributed by atoms with van der Waals surface area (Å²) in [5.41, 5.74) is 0.507. The van der Waals surface area contributed by atoms with E-state index in [-0.39, 0.29) is 5.56 Å². The van der Waals surface area contributed by atoms with Crippen LogP contribution in [-0.4, -0.2) is 27.5 Å². The van der Waals surface area contributed by atoms with E-state index in [1.54, 1.807) is 0 Å². The standard InChI is InChI=1S/C7H6N2O3/c10-7(11)5-1-2-6(4-9-12)8-3-5/h1-4,12H,(H,10,11)/b9-4-. The minimum Gasteiger partial charge on any atom is -0.478 e. The predicted molar refractivity (Wildman–Crippen MR) is 40.6 cm³/mol. The van der Waals surface area contributed by atoms with Gasteiger partial charge in [0, 0.05) is 6.20 Å². The Hall–Kier alpha value is -1.91. The molecule has 62 valence electrons. The van der Waals surface area contributed by atoms with Crippen LogP contribution < -0.4 is 0 Å². The Morgan fingerprint density at radius 3 is 2.75 bits per heavy atom. The lowest BCUT2D eigenvalue weighted by molar-refractivity contribution is 0.0696. The fourth-order valence-corrected chi connectivity index (χ4v) is 0.667. The van der Waals surface area contributed by atoms with Gasteiger partial charge in [0.15, 0.2) is 0 Å². The zero-order valence-electron chi connectivity index (χ0n) is 6.01. The maximum absolute atomic E-state index is 10.3. The van der Waals surface area contributed by atoms with Crippen molar-refractivity contribution in [2.45, 2.75) is 0 Å². The highest BCUT2D eigenvalue weighted by Crippen LogP contribution is 1.97. The molecule has 2 N–H and O–H groups in total. The van der Waals surface area contributed by atoms with Gasteiger partial charge in [-0.2, -0.15) is 0 Å². The van der Waals surface area contributed by atoms with Crippen molar-refractivity contribution in [2.75, 3.05) is 0 Å². The van der Waals surface area contributed by atoms with Crippen molar-refractivity contribution in [3.05, 3.63) is 29.6 Å². The van der Waals surface area contributed by atoms with E-state index in [1.165, 1.54) is 18.3 Å². The van der Waals surface area contributed by atoms with E-state index in [9.17, 15) is 4.79 Å². The Morgan fingerprint density at radius 1 is 1.58 bits per heavy atom. The molecular formula is C7H6N2O3. The number of carboxylic acids is 1. The number of aromatic carboxylic acids is 1. The van der Waals surface area contributed by atoms with Crippen LogP contribution in [0.5, 0.6) is 0 Å². The molecule has 0 unspecified atom stereocenters. The number of oxime groups is 1. The largest absolute Gasteiger partial charge is 0.478 e. The first kappa shape index (κ1) is 8.19. The van der Waals surface area contributed by atoms with Crippen molar-refractivity contribution in [3.8, 4) is 0 Å². The van der Waals surface area contributed by atoms with E-state index in [0.29, 0.717) is 5.69 Å². The van der Waals surface area contributed by atoms with Crippen molar-refractivity contribution in [3.63, 3.8) is 0 Å². The summed E-state index contributed by atoms with van der Waals surface area (Å²) in [5.74, 6) is -1.03. The molecule has 0 aliphatic rings. The van der Waals surface area contributed by atoms with Gasteiger partial charge in [-0.05, 0) is 12.1 Å². The fraction of sp³-hybridized carbons (Fsp3) is 0. The summed E-state index contributed by atoms with van der Waals surface area (Å²) < 4.78 is 0. The maximum Gasteiger partial charge on any atom is 0.337 e. The molecule has 0 aliphatic heterocycles. The Bertz CT molecular complexity index is 305. The Balaban J connectivity index is 2.93. The van der Waals surface area contributed by atoms with Crippen LogP contribution in [0.25, 0.3) is 0 Å². The molecule has 0 bridgehead atoms. The SMILES string of the molecule is O=C(O)c1ccc(/C=N\O)nc1. The van der Waals surface area contributed by atoms with Crippen LogP contribution in [0.4, 0.5) is 0 Å². The van der Waals surface area contributed by atoms with Crippen molar-refractivity contribution >= 4 is 12.2 Å². The molecule has 0 aromatic carbocycles. The third-order valence-corrected chi connectivity index (χ3v) is 1.22. The first-order valence-corrected chi connectivity index (χ1v) is 3.11. The first-order chi connectivity index (χ1) is 5.74. The summed E-state index contributed by atoms with van der Waals surface area (Å²) in [6.45, 7) is 0. The molecule has 0 radical (unpaired) electrons. The Labute approximate surface area is 68.0 Å². The highest BCUT2D eigenvalue weighted by atomic mass is 16.4. The lowest BCUT2D eigenvalue weighted by Gasteiger charge is -1.92. The number of pyridine rings is 1. The minimum absolute atomic E-state index is 0.102. The fourth-order valence-electron chi connectivity index (χ4n) is 0.667. The molecule has 12 heavy (non-hydrogen) atoms. The molecule has 0 saturated heterocycles.